The van der Waals surface area contributed by atoms with Crippen molar-refractivity contribution in [3.05, 3.63) is 15.8 Å². The molecule has 6 nitrogen and oxygen atoms in total. The molecule has 0 aromatic carbocycles. The van der Waals surface area contributed by atoms with Crippen molar-refractivity contribution in [3.63, 3.8) is 0 Å². The molecule has 2 N–H and O–H groups in total. The lowest BCUT2D eigenvalue weighted by atomic mass is 10.3. The number of hydrogen-bond acceptors (Lipinski definition) is 6. The highest BCUT2D eigenvalue weighted by atomic mass is 35.5. The molecule has 122 valence electrons. The summed E-state index contributed by atoms with van der Waals surface area (Å²) in [6, 6.07) is 0.00953. The third-order valence-electron chi connectivity index (χ3n) is 2.69. The topological polar surface area (TPSA) is 84.5 Å². The fraction of sp³-hybridized carbons (Fsp3) is 0.583. The van der Waals surface area contributed by atoms with Crippen molar-refractivity contribution in [3.8, 4) is 0 Å². The molecule has 0 unspecified atom stereocenters. The maximum atomic E-state index is 12.3. The number of ether oxygens (including phenoxy) is 1. The lowest BCUT2D eigenvalue weighted by Gasteiger charge is -2.14. The number of likely N-dealkylation sites (N-methyl/N-ethyl adjacent to an activating group) is 1. The Morgan fingerprint density at radius 3 is 2.62 bits per heavy atom. The van der Waals surface area contributed by atoms with Crippen molar-refractivity contribution >= 4 is 39.7 Å². The number of hydrogen-bond donors (Lipinski definition) is 2. The number of thiophene rings is 1. The van der Waals surface area contributed by atoms with Gasteiger partial charge >= 0.3 is 5.97 Å². The summed E-state index contributed by atoms with van der Waals surface area (Å²) in [6.07, 6.45) is 0. The predicted octanol–water partition coefficient (Wildman–Crippen LogP) is 1.54. The molecule has 0 saturated heterocycles. The molecule has 0 amide bonds. The van der Waals surface area contributed by atoms with Crippen LogP contribution in [0.3, 0.4) is 0 Å². The number of esters is 1. The summed E-state index contributed by atoms with van der Waals surface area (Å²) in [4.78, 5) is 11.7. The third-order valence-corrected chi connectivity index (χ3v) is 5.51. The van der Waals surface area contributed by atoms with E-state index in [1.807, 2.05) is 13.8 Å². The highest BCUT2D eigenvalue weighted by Crippen LogP contribution is 2.27. The zero-order valence-corrected chi connectivity index (χ0v) is 14.9. The van der Waals surface area contributed by atoms with E-state index < -0.39 is 16.0 Å². The van der Waals surface area contributed by atoms with Gasteiger partial charge in [-0.15, -0.1) is 23.7 Å². The monoisotopic (exact) mass is 356 g/mol. The molecule has 0 fully saturated rings. The zero-order valence-electron chi connectivity index (χ0n) is 12.4. The van der Waals surface area contributed by atoms with Crippen LogP contribution in [0.25, 0.3) is 0 Å². The van der Waals surface area contributed by atoms with E-state index in [4.69, 9.17) is 0 Å². The van der Waals surface area contributed by atoms with Crippen LogP contribution >= 0.6 is 23.7 Å². The molecule has 0 aliphatic rings. The lowest BCUT2D eigenvalue weighted by molar-refractivity contribution is 0.0602. The van der Waals surface area contributed by atoms with Crippen LogP contribution in [0.5, 0.6) is 0 Å². The SMILES string of the molecule is CCN[C@H](C)CNS(=O)(=O)c1c(C)csc1C(=O)OC.Cl. The van der Waals surface area contributed by atoms with Crippen LogP contribution in [0.1, 0.15) is 29.1 Å². The minimum absolute atomic E-state index is 0. The Morgan fingerprint density at radius 2 is 2.10 bits per heavy atom. The van der Waals surface area contributed by atoms with Crippen LogP contribution in [-0.4, -0.2) is 40.6 Å². The van der Waals surface area contributed by atoms with Gasteiger partial charge in [0.25, 0.3) is 0 Å². The number of halogens is 1. The van der Waals surface area contributed by atoms with Crippen molar-refractivity contribution in [1.82, 2.24) is 10.0 Å². The molecule has 21 heavy (non-hydrogen) atoms. The normalized spacial score (nSPS) is 12.6. The first-order chi connectivity index (χ1) is 9.33. The molecule has 0 saturated carbocycles. The Balaban J connectivity index is 0.00000400. The molecule has 0 aliphatic heterocycles. The summed E-state index contributed by atoms with van der Waals surface area (Å²) in [6.45, 7) is 6.50. The van der Waals surface area contributed by atoms with Crippen LogP contribution in [-0.2, 0) is 14.8 Å². The van der Waals surface area contributed by atoms with Gasteiger partial charge in [-0.25, -0.2) is 17.9 Å². The maximum absolute atomic E-state index is 12.3. The molecule has 1 atom stereocenters. The van der Waals surface area contributed by atoms with Crippen LogP contribution in [0.2, 0.25) is 0 Å². The molecule has 0 aliphatic carbocycles. The predicted molar refractivity (Wildman–Crippen MR) is 86.0 cm³/mol. The van der Waals surface area contributed by atoms with E-state index in [1.54, 1.807) is 12.3 Å². The van der Waals surface area contributed by atoms with Gasteiger partial charge in [0, 0.05) is 12.6 Å². The summed E-state index contributed by atoms with van der Waals surface area (Å²) in [5.74, 6) is -0.636. The van der Waals surface area contributed by atoms with Gasteiger partial charge in [-0.2, -0.15) is 0 Å². The lowest BCUT2D eigenvalue weighted by Crippen LogP contribution is -2.39. The quantitative estimate of drug-likeness (QED) is 0.724. The van der Waals surface area contributed by atoms with E-state index in [-0.39, 0.29) is 34.8 Å². The Kier molecular flexibility index (Phi) is 8.42. The van der Waals surface area contributed by atoms with E-state index in [0.29, 0.717) is 5.56 Å². The third kappa shape index (κ3) is 5.23. The van der Waals surface area contributed by atoms with Crippen LogP contribution in [0.4, 0.5) is 0 Å². The molecule has 0 spiro atoms. The number of aryl methyl sites for hydroxylation is 1. The van der Waals surface area contributed by atoms with Gasteiger partial charge in [-0.05, 0) is 31.3 Å². The van der Waals surface area contributed by atoms with Crippen molar-refractivity contribution in [1.29, 1.82) is 0 Å². The largest absolute Gasteiger partial charge is 0.465 e. The number of methoxy groups -OCH3 is 1. The van der Waals surface area contributed by atoms with Crippen LogP contribution in [0.15, 0.2) is 10.3 Å². The van der Waals surface area contributed by atoms with Crippen LogP contribution in [0, 0.1) is 6.92 Å². The van der Waals surface area contributed by atoms with Crippen molar-refractivity contribution in [2.75, 3.05) is 20.2 Å². The zero-order chi connectivity index (χ0) is 15.3. The first-order valence-corrected chi connectivity index (χ1v) is 8.59. The minimum Gasteiger partial charge on any atom is -0.465 e. The summed E-state index contributed by atoms with van der Waals surface area (Å²) < 4.78 is 31.8. The number of sulfonamides is 1. The molecule has 1 rings (SSSR count). The Bertz CT molecular complexity index is 572. The molecule has 9 heteroatoms. The molecule has 1 aromatic heterocycles. The second kappa shape index (κ2) is 8.70. The number of nitrogens with one attached hydrogen (secondary N) is 2. The van der Waals surface area contributed by atoms with Gasteiger partial charge in [0.05, 0.1) is 7.11 Å². The Labute approximate surface area is 135 Å². The van der Waals surface area contributed by atoms with E-state index in [1.165, 1.54) is 7.11 Å². The molecule has 0 bridgehead atoms. The van der Waals surface area contributed by atoms with E-state index in [0.717, 1.165) is 17.9 Å². The van der Waals surface area contributed by atoms with Crippen molar-refractivity contribution in [2.24, 2.45) is 0 Å². The second-order valence-corrected chi connectivity index (χ2v) is 6.96. The van der Waals surface area contributed by atoms with Gasteiger partial charge in [0.1, 0.15) is 9.77 Å². The Hall–Kier alpha value is -0.670. The smallest absolute Gasteiger partial charge is 0.349 e. The minimum atomic E-state index is -3.73. The summed E-state index contributed by atoms with van der Waals surface area (Å²) >= 11 is 1.07. The van der Waals surface area contributed by atoms with Crippen LogP contribution < -0.4 is 10.0 Å². The highest BCUT2D eigenvalue weighted by molar-refractivity contribution is 7.89. The maximum Gasteiger partial charge on any atom is 0.349 e. The average Bonchev–Trinajstić information content (AvgIpc) is 2.79. The van der Waals surface area contributed by atoms with Gasteiger partial charge in [-0.3, -0.25) is 0 Å². The fourth-order valence-corrected chi connectivity index (χ4v) is 4.56. The molecular formula is C12H21ClN2O4S2. The molecule has 1 heterocycles. The van der Waals surface area contributed by atoms with Crippen molar-refractivity contribution in [2.45, 2.75) is 31.7 Å². The van der Waals surface area contributed by atoms with E-state index in [9.17, 15) is 13.2 Å². The van der Waals surface area contributed by atoms with E-state index in [2.05, 4.69) is 14.8 Å². The average molecular weight is 357 g/mol. The molecular weight excluding hydrogens is 336 g/mol. The van der Waals surface area contributed by atoms with Gasteiger partial charge < -0.3 is 10.1 Å². The van der Waals surface area contributed by atoms with Gasteiger partial charge in [-0.1, -0.05) is 6.92 Å². The van der Waals surface area contributed by atoms with Gasteiger partial charge in [0.15, 0.2) is 0 Å². The highest BCUT2D eigenvalue weighted by Gasteiger charge is 2.27. The number of carbonyl (C=O) groups excluding carboxylic acids is 1. The first kappa shape index (κ1) is 20.3. The Morgan fingerprint density at radius 1 is 1.48 bits per heavy atom. The fourth-order valence-electron chi connectivity index (χ4n) is 1.73. The molecule has 0 radical (unpaired) electrons. The standard InChI is InChI=1S/C12H20N2O4S2.ClH/c1-5-13-9(3)6-14-20(16,17)11-8(2)7-19-10(11)12(15)18-4;/h7,9,13-14H,5-6H2,1-4H3;1H/t9-;/m1./s1. The second-order valence-electron chi connectivity index (χ2n) is 4.38. The summed E-state index contributed by atoms with van der Waals surface area (Å²) in [5, 5.41) is 4.74. The summed E-state index contributed by atoms with van der Waals surface area (Å²) in [5.41, 5.74) is 0.541. The van der Waals surface area contributed by atoms with E-state index >= 15 is 0 Å². The molecule has 1 aromatic rings. The van der Waals surface area contributed by atoms with Gasteiger partial charge in [0.2, 0.25) is 10.0 Å². The first-order valence-electron chi connectivity index (χ1n) is 6.23. The number of rotatable bonds is 7. The van der Waals surface area contributed by atoms with Crippen molar-refractivity contribution < 1.29 is 17.9 Å². The summed E-state index contributed by atoms with van der Waals surface area (Å²) in [7, 11) is -2.50. The number of carbonyl (C=O) groups is 1.